The highest BCUT2D eigenvalue weighted by Gasteiger charge is 2.25. The molecule has 0 saturated heterocycles. The summed E-state index contributed by atoms with van der Waals surface area (Å²) in [5.41, 5.74) is 3.88. The minimum Gasteiger partial charge on any atom is -0.462 e. The first-order valence-corrected chi connectivity index (χ1v) is 14.5. The lowest BCUT2D eigenvalue weighted by Gasteiger charge is -2.27. The fraction of sp³-hybridized carbons (Fsp3) is 0.265. The number of carbonyl (C=O) groups excluding carboxylic acids is 2. The van der Waals surface area contributed by atoms with Crippen molar-refractivity contribution in [2.45, 2.75) is 51.5 Å². The summed E-state index contributed by atoms with van der Waals surface area (Å²) in [6, 6.07) is 24.6. The zero-order chi connectivity index (χ0) is 29.1. The van der Waals surface area contributed by atoms with E-state index >= 15 is 0 Å². The molecule has 0 bridgehead atoms. The van der Waals surface area contributed by atoms with E-state index in [0.29, 0.717) is 11.3 Å². The van der Waals surface area contributed by atoms with Crippen molar-refractivity contribution in [3.8, 4) is 11.1 Å². The zero-order valence-corrected chi connectivity index (χ0v) is 23.5. The molecule has 3 heterocycles. The summed E-state index contributed by atoms with van der Waals surface area (Å²) in [7, 11) is 0. The number of aromatic nitrogens is 3. The highest BCUT2D eigenvalue weighted by molar-refractivity contribution is 5.94. The highest BCUT2D eigenvalue weighted by atomic mass is 16.5. The van der Waals surface area contributed by atoms with Crippen LogP contribution in [-0.4, -0.2) is 32.4 Å². The average molecular weight is 561 g/mol. The van der Waals surface area contributed by atoms with Gasteiger partial charge in [0.15, 0.2) is 5.49 Å². The second-order valence-corrected chi connectivity index (χ2v) is 10.6. The Hall–Kier alpha value is -4.85. The molecule has 42 heavy (non-hydrogen) atoms. The van der Waals surface area contributed by atoms with Gasteiger partial charge in [0.05, 0.1) is 18.4 Å². The Morgan fingerprint density at radius 3 is 2.38 bits per heavy atom. The second-order valence-electron chi connectivity index (χ2n) is 10.6. The van der Waals surface area contributed by atoms with Gasteiger partial charge in [-0.3, -0.25) is 14.0 Å². The molecule has 3 aromatic heterocycles. The van der Waals surface area contributed by atoms with Crippen LogP contribution in [0.15, 0.2) is 94.8 Å². The quantitative estimate of drug-likeness (QED) is 0.197. The fourth-order valence-corrected chi connectivity index (χ4v) is 5.78. The molecule has 1 aliphatic rings. The molecule has 8 heteroatoms. The summed E-state index contributed by atoms with van der Waals surface area (Å²) in [5, 5.41) is 0.287. The highest BCUT2D eigenvalue weighted by Crippen LogP contribution is 2.29. The molecule has 1 amide bonds. The Labute approximate surface area is 243 Å². The van der Waals surface area contributed by atoms with Crippen molar-refractivity contribution in [2.24, 2.45) is 4.99 Å². The maximum Gasteiger partial charge on any atom is 0.341 e. The zero-order valence-electron chi connectivity index (χ0n) is 23.5. The number of carbonyl (C=O) groups is 2. The lowest BCUT2D eigenvalue weighted by molar-refractivity contribution is -0.117. The predicted octanol–water partition coefficient (Wildman–Crippen LogP) is 5.67. The molecule has 1 saturated carbocycles. The molecule has 8 nitrogen and oxygen atoms in total. The number of amides is 1. The number of rotatable bonds is 6. The Morgan fingerprint density at radius 2 is 1.64 bits per heavy atom. The van der Waals surface area contributed by atoms with E-state index in [1.807, 2.05) is 65.2 Å². The molecule has 0 aliphatic heterocycles. The first-order valence-electron chi connectivity index (χ1n) is 14.5. The van der Waals surface area contributed by atoms with Gasteiger partial charge in [-0.25, -0.2) is 9.78 Å². The van der Waals surface area contributed by atoms with E-state index in [-0.39, 0.29) is 41.1 Å². The molecule has 0 radical (unpaired) electrons. The van der Waals surface area contributed by atoms with Crippen LogP contribution in [0.4, 0.5) is 0 Å². The maximum atomic E-state index is 13.6. The summed E-state index contributed by atoms with van der Waals surface area (Å²) >= 11 is 0. The van der Waals surface area contributed by atoms with E-state index < -0.39 is 11.9 Å². The molecule has 0 N–H and O–H groups in total. The molecule has 1 fully saturated rings. The minimum absolute atomic E-state index is 0.0633. The Morgan fingerprint density at radius 1 is 0.929 bits per heavy atom. The molecular formula is C34H32N4O4. The summed E-state index contributed by atoms with van der Waals surface area (Å²) in [6.45, 7) is 1.87. The number of pyridine rings is 2. The monoisotopic (exact) mass is 560 g/mol. The van der Waals surface area contributed by atoms with Gasteiger partial charge in [0, 0.05) is 12.2 Å². The van der Waals surface area contributed by atoms with Gasteiger partial charge in [0.25, 0.3) is 11.5 Å². The number of benzene rings is 2. The molecule has 5 aromatic rings. The number of hydrogen-bond acceptors (Lipinski definition) is 5. The van der Waals surface area contributed by atoms with E-state index in [9.17, 15) is 14.4 Å². The van der Waals surface area contributed by atoms with E-state index in [2.05, 4.69) is 4.99 Å². The van der Waals surface area contributed by atoms with E-state index in [1.165, 1.54) is 10.5 Å². The largest absolute Gasteiger partial charge is 0.462 e. The van der Waals surface area contributed by atoms with Gasteiger partial charge >= 0.3 is 5.97 Å². The first-order chi connectivity index (χ1) is 20.5. The van der Waals surface area contributed by atoms with Gasteiger partial charge in [0.1, 0.15) is 16.9 Å². The van der Waals surface area contributed by atoms with Crippen molar-refractivity contribution < 1.29 is 14.3 Å². The summed E-state index contributed by atoms with van der Waals surface area (Å²) in [5.74, 6) is -1.02. The lowest BCUT2D eigenvalue weighted by Crippen LogP contribution is -2.35. The van der Waals surface area contributed by atoms with Crippen LogP contribution in [0.1, 0.15) is 61.0 Å². The standard InChI is InChI=1S/C34H32N4O4/c1-2-42-34(41)28-22-27-31(35-29-15-9-10-20-37(29)33(27)40)38(26-13-7-4-8-14-26)32(28)36-30(39)21-23-16-18-25(19-17-23)24-11-5-3-6-12-24/h3,5-6,9-12,15-20,22,26H,2,4,7-8,13-14,21H2,1H3/b36-32+. The van der Waals surface area contributed by atoms with Gasteiger partial charge in [-0.2, -0.15) is 4.99 Å². The topological polar surface area (TPSA) is 95.0 Å². The third kappa shape index (κ3) is 5.40. The minimum atomic E-state index is -0.625. The smallest absolute Gasteiger partial charge is 0.341 e. The molecular weight excluding hydrogens is 528 g/mol. The summed E-state index contributed by atoms with van der Waals surface area (Å²) in [6.07, 6.45) is 6.49. The van der Waals surface area contributed by atoms with Crippen molar-refractivity contribution in [2.75, 3.05) is 6.61 Å². The number of fused-ring (bicyclic) bond motifs is 2. The van der Waals surface area contributed by atoms with Crippen LogP contribution < -0.4 is 11.0 Å². The normalized spacial score (nSPS) is 14.4. The van der Waals surface area contributed by atoms with E-state index in [0.717, 1.165) is 48.8 Å². The number of esters is 1. The van der Waals surface area contributed by atoms with Crippen molar-refractivity contribution in [3.63, 3.8) is 0 Å². The second kappa shape index (κ2) is 11.9. The van der Waals surface area contributed by atoms with Crippen LogP contribution in [0.3, 0.4) is 0 Å². The SMILES string of the molecule is CCOC(=O)c1cc2c(=O)n3ccccc3nc2n(C2CCCCC2)/c1=N/C(=O)Cc1ccc(-c2ccccc2)cc1. The van der Waals surface area contributed by atoms with Crippen molar-refractivity contribution in [1.82, 2.24) is 14.0 Å². The molecule has 0 unspecified atom stereocenters. The molecule has 2 aromatic carbocycles. The van der Waals surface area contributed by atoms with Gasteiger partial charge < -0.3 is 9.30 Å². The summed E-state index contributed by atoms with van der Waals surface area (Å²) in [4.78, 5) is 49.8. The molecule has 212 valence electrons. The van der Waals surface area contributed by atoms with Crippen LogP contribution in [-0.2, 0) is 16.0 Å². The molecule has 0 spiro atoms. The van der Waals surface area contributed by atoms with Crippen molar-refractivity contribution in [3.05, 3.63) is 112 Å². The Bertz CT molecular complexity index is 1900. The van der Waals surface area contributed by atoms with Crippen molar-refractivity contribution >= 4 is 28.6 Å². The summed E-state index contributed by atoms with van der Waals surface area (Å²) < 4.78 is 8.70. The van der Waals surface area contributed by atoms with Crippen LogP contribution >= 0.6 is 0 Å². The van der Waals surface area contributed by atoms with Crippen molar-refractivity contribution in [1.29, 1.82) is 0 Å². The van der Waals surface area contributed by atoms with E-state index in [4.69, 9.17) is 9.72 Å². The van der Waals surface area contributed by atoms with Gasteiger partial charge in [-0.1, -0.05) is 79.9 Å². The predicted molar refractivity (Wildman–Crippen MR) is 161 cm³/mol. The lowest BCUT2D eigenvalue weighted by atomic mass is 9.94. The van der Waals surface area contributed by atoms with Crippen LogP contribution in [0, 0.1) is 0 Å². The van der Waals surface area contributed by atoms with Gasteiger partial charge in [0.2, 0.25) is 0 Å². The van der Waals surface area contributed by atoms with Crippen LogP contribution in [0.5, 0.6) is 0 Å². The molecule has 0 atom stereocenters. The number of ether oxygens (including phenoxy) is 1. The van der Waals surface area contributed by atoms with E-state index in [1.54, 1.807) is 25.3 Å². The van der Waals surface area contributed by atoms with Gasteiger partial charge in [-0.15, -0.1) is 0 Å². The average Bonchev–Trinajstić information content (AvgIpc) is 3.02. The van der Waals surface area contributed by atoms with Crippen LogP contribution in [0.25, 0.3) is 27.8 Å². The van der Waals surface area contributed by atoms with Gasteiger partial charge in [-0.05, 0) is 54.7 Å². The first kappa shape index (κ1) is 27.3. The van der Waals surface area contributed by atoms with Crippen LogP contribution in [0.2, 0.25) is 0 Å². The maximum absolute atomic E-state index is 13.6. The number of nitrogens with zero attached hydrogens (tertiary/aromatic N) is 4. The molecule has 6 rings (SSSR count). The third-order valence-electron chi connectivity index (χ3n) is 7.82. The third-order valence-corrected chi connectivity index (χ3v) is 7.82. The Kier molecular flexibility index (Phi) is 7.77. The fourth-order valence-electron chi connectivity index (χ4n) is 5.78. The molecule has 1 aliphatic carbocycles. The number of hydrogen-bond donors (Lipinski definition) is 0. The Balaban J connectivity index is 1.51.